The summed E-state index contributed by atoms with van der Waals surface area (Å²) in [6.45, 7) is 6.29. The highest BCUT2D eigenvalue weighted by atomic mass is 19.2. The second kappa shape index (κ2) is 8.60. The Kier molecular flexibility index (Phi) is 7.13. The Labute approximate surface area is 135 Å². The fourth-order valence-corrected chi connectivity index (χ4v) is 2.11. The molecule has 0 saturated heterocycles. The van der Waals surface area contributed by atoms with Gasteiger partial charge in [0.1, 0.15) is 0 Å². The van der Waals surface area contributed by atoms with Crippen LogP contribution in [0.3, 0.4) is 0 Å². The highest BCUT2D eigenvalue weighted by molar-refractivity contribution is 5.94. The fraction of sp³-hybridized carbons (Fsp3) is 0.529. The molecule has 0 spiro atoms. The molecule has 0 heterocycles. The van der Waals surface area contributed by atoms with Crippen molar-refractivity contribution in [1.29, 1.82) is 0 Å². The molecule has 1 unspecified atom stereocenters. The smallest absolute Gasteiger partial charge is 0.310 e. The Morgan fingerprint density at radius 1 is 1.17 bits per heavy atom. The standard InChI is InChI=1S/C17H23F2NO3/c1-11(2)7-8-20(10-12(3)17(22)23-4)16(21)13-5-6-14(18)15(19)9-13/h5-6,9,11-12H,7-8,10H2,1-4H3. The Hall–Kier alpha value is -1.98. The van der Waals surface area contributed by atoms with Gasteiger partial charge in [-0.05, 0) is 30.5 Å². The number of carbonyl (C=O) groups excluding carboxylic acids is 2. The van der Waals surface area contributed by atoms with E-state index in [9.17, 15) is 18.4 Å². The molecule has 1 amide bonds. The van der Waals surface area contributed by atoms with Gasteiger partial charge in [-0.25, -0.2) is 8.78 Å². The number of esters is 1. The van der Waals surface area contributed by atoms with Crippen LogP contribution in [-0.4, -0.2) is 37.0 Å². The van der Waals surface area contributed by atoms with E-state index in [0.717, 1.165) is 18.6 Å². The summed E-state index contributed by atoms with van der Waals surface area (Å²) in [6.07, 6.45) is 0.739. The van der Waals surface area contributed by atoms with E-state index in [1.807, 2.05) is 13.8 Å². The summed E-state index contributed by atoms with van der Waals surface area (Å²) in [5.41, 5.74) is 0.0599. The number of halogens is 2. The third-order valence-corrected chi connectivity index (χ3v) is 3.53. The number of rotatable bonds is 7. The fourth-order valence-electron chi connectivity index (χ4n) is 2.11. The highest BCUT2D eigenvalue weighted by Crippen LogP contribution is 2.14. The predicted molar refractivity (Wildman–Crippen MR) is 82.9 cm³/mol. The molecule has 0 aliphatic rings. The zero-order valence-electron chi connectivity index (χ0n) is 13.9. The molecule has 1 atom stereocenters. The van der Waals surface area contributed by atoms with Gasteiger partial charge in [-0.3, -0.25) is 9.59 Å². The summed E-state index contributed by atoms with van der Waals surface area (Å²) >= 11 is 0. The van der Waals surface area contributed by atoms with Crippen molar-refractivity contribution in [2.45, 2.75) is 27.2 Å². The van der Waals surface area contributed by atoms with Crippen molar-refractivity contribution in [2.75, 3.05) is 20.2 Å². The van der Waals surface area contributed by atoms with Gasteiger partial charge in [0.25, 0.3) is 5.91 Å². The van der Waals surface area contributed by atoms with Crippen LogP contribution in [-0.2, 0) is 9.53 Å². The molecule has 1 aromatic carbocycles. The van der Waals surface area contributed by atoms with Crippen LogP contribution in [0.15, 0.2) is 18.2 Å². The summed E-state index contributed by atoms with van der Waals surface area (Å²) in [6, 6.07) is 3.04. The van der Waals surface area contributed by atoms with Gasteiger partial charge in [-0.15, -0.1) is 0 Å². The number of benzene rings is 1. The molecular formula is C17H23F2NO3. The van der Waals surface area contributed by atoms with Crippen LogP contribution in [0.5, 0.6) is 0 Å². The molecule has 4 nitrogen and oxygen atoms in total. The number of ether oxygens (including phenoxy) is 1. The summed E-state index contributed by atoms with van der Waals surface area (Å²) in [5.74, 6) is -3.05. The van der Waals surface area contributed by atoms with Crippen molar-refractivity contribution >= 4 is 11.9 Å². The second-order valence-electron chi connectivity index (χ2n) is 5.99. The average molecular weight is 327 g/mol. The molecule has 0 aliphatic carbocycles. The molecule has 23 heavy (non-hydrogen) atoms. The second-order valence-corrected chi connectivity index (χ2v) is 5.99. The number of methoxy groups -OCH3 is 1. The van der Waals surface area contributed by atoms with E-state index in [0.29, 0.717) is 12.5 Å². The average Bonchev–Trinajstić information content (AvgIpc) is 2.52. The van der Waals surface area contributed by atoms with Crippen LogP contribution in [0.25, 0.3) is 0 Å². The van der Waals surface area contributed by atoms with E-state index in [1.54, 1.807) is 6.92 Å². The van der Waals surface area contributed by atoms with Crippen molar-refractivity contribution in [3.05, 3.63) is 35.4 Å². The normalized spacial score (nSPS) is 12.1. The maximum absolute atomic E-state index is 13.3. The maximum Gasteiger partial charge on any atom is 0.310 e. The summed E-state index contributed by atoms with van der Waals surface area (Å²) < 4.78 is 31.0. The molecule has 0 bridgehead atoms. The van der Waals surface area contributed by atoms with Crippen LogP contribution >= 0.6 is 0 Å². The van der Waals surface area contributed by atoms with Gasteiger partial charge in [-0.2, -0.15) is 0 Å². The first-order chi connectivity index (χ1) is 10.8. The van der Waals surface area contributed by atoms with Gasteiger partial charge in [0.2, 0.25) is 0 Å². The molecule has 0 aliphatic heterocycles. The largest absolute Gasteiger partial charge is 0.469 e. The van der Waals surface area contributed by atoms with E-state index in [4.69, 9.17) is 0 Å². The maximum atomic E-state index is 13.3. The van der Waals surface area contributed by atoms with Crippen molar-refractivity contribution in [3.8, 4) is 0 Å². The van der Waals surface area contributed by atoms with E-state index in [1.165, 1.54) is 18.1 Å². The predicted octanol–water partition coefficient (Wildman–Crippen LogP) is 3.26. The first-order valence-corrected chi connectivity index (χ1v) is 7.58. The lowest BCUT2D eigenvalue weighted by molar-refractivity contribution is -0.145. The lowest BCUT2D eigenvalue weighted by atomic mass is 10.1. The summed E-state index contributed by atoms with van der Waals surface area (Å²) in [7, 11) is 1.29. The van der Waals surface area contributed by atoms with Crippen LogP contribution < -0.4 is 0 Å². The first-order valence-electron chi connectivity index (χ1n) is 7.58. The molecule has 6 heteroatoms. The Morgan fingerprint density at radius 3 is 2.35 bits per heavy atom. The molecule has 128 valence electrons. The van der Waals surface area contributed by atoms with E-state index >= 15 is 0 Å². The van der Waals surface area contributed by atoms with E-state index < -0.39 is 29.4 Å². The SMILES string of the molecule is COC(=O)C(C)CN(CCC(C)C)C(=O)c1ccc(F)c(F)c1. The first kappa shape index (κ1) is 19.1. The lowest BCUT2D eigenvalue weighted by Gasteiger charge is -2.26. The molecule has 1 aromatic rings. The molecule has 0 fully saturated rings. The van der Waals surface area contributed by atoms with Crippen LogP contribution in [0.2, 0.25) is 0 Å². The van der Waals surface area contributed by atoms with E-state index in [2.05, 4.69) is 4.74 Å². The van der Waals surface area contributed by atoms with Gasteiger partial charge in [0, 0.05) is 18.7 Å². The number of carbonyl (C=O) groups is 2. The molecule has 0 aromatic heterocycles. The van der Waals surface area contributed by atoms with Crippen LogP contribution in [0.1, 0.15) is 37.6 Å². The minimum atomic E-state index is -1.07. The zero-order valence-corrected chi connectivity index (χ0v) is 13.9. The van der Waals surface area contributed by atoms with E-state index in [-0.39, 0.29) is 12.1 Å². The minimum absolute atomic E-state index is 0.0599. The van der Waals surface area contributed by atoms with Crippen molar-refractivity contribution in [3.63, 3.8) is 0 Å². The van der Waals surface area contributed by atoms with Gasteiger partial charge in [0.15, 0.2) is 11.6 Å². The number of hydrogen-bond acceptors (Lipinski definition) is 3. The van der Waals surface area contributed by atoms with Crippen molar-refractivity contribution in [2.24, 2.45) is 11.8 Å². The molecule has 0 saturated carbocycles. The van der Waals surface area contributed by atoms with Crippen molar-refractivity contribution < 1.29 is 23.1 Å². The van der Waals surface area contributed by atoms with Crippen molar-refractivity contribution in [1.82, 2.24) is 4.90 Å². The van der Waals surface area contributed by atoms with Crippen LogP contribution in [0, 0.1) is 23.5 Å². The summed E-state index contributed by atoms with van der Waals surface area (Å²) in [4.78, 5) is 25.6. The Bertz CT molecular complexity index is 561. The van der Waals surface area contributed by atoms with Gasteiger partial charge < -0.3 is 9.64 Å². The Balaban J connectivity index is 2.94. The molecular weight excluding hydrogens is 304 g/mol. The van der Waals surface area contributed by atoms with Crippen LogP contribution in [0.4, 0.5) is 8.78 Å². The third kappa shape index (κ3) is 5.62. The number of amides is 1. The minimum Gasteiger partial charge on any atom is -0.469 e. The number of hydrogen-bond donors (Lipinski definition) is 0. The molecule has 0 N–H and O–H groups in total. The zero-order chi connectivity index (χ0) is 17.6. The summed E-state index contributed by atoms with van der Waals surface area (Å²) in [5, 5.41) is 0. The number of nitrogens with zero attached hydrogens (tertiary/aromatic N) is 1. The Morgan fingerprint density at radius 2 is 1.83 bits per heavy atom. The van der Waals surface area contributed by atoms with Gasteiger partial charge in [0.05, 0.1) is 13.0 Å². The topological polar surface area (TPSA) is 46.6 Å². The molecule has 1 rings (SSSR count). The quantitative estimate of drug-likeness (QED) is 0.722. The third-order valence-electron chi connectivity index (χ3n) is 3.53. The highest BCUT2D eigenvalue weighted by Gasteiger charge is 2.23. The van der Waals surface area contributed by atoms with Gasteiger partial charge >= 0.3 is 5.97 Å². The molecule has 0 radical (unpaired) electrons. The lowest BCUT2D eigenvalue weighted by Crippen LogP contribution is -2.38. The monoisotopic (exact) mass is 327 g/mol. The van der Waals surface area contributed by atoms with Gasteiger partial charge in [-0.1, -0.05) is 20.8 Å².